The second-order valence-corrected chi connectivity index (χ2v) is 10.3. The second-order valence-electron chi connectivity index (χ2n) is 10.3. The number of nitrogens with zero attached hydrogens (tertiary/aromatic N) is 1. The first-order valence-corrected chi connectivity index (χ1v) is 11.7. The fourth-order valence-corrected chi connectivity index (χ4v) is 7.21. The summed E-state index contributed by atoms with van der Waals surface area (Å²) in [4.78, 5) is 41.3. The highest BCUT2D eigenvalue weighted by Gasteiger charge is 2.57. The fourth-order valence-electron chi connectivity index (χ4n) is 7.21. The van der Waals surface area contributed by atoms with Gasteiger partial charge in [-0.05, 0) is 68.3 Å². The van der Waals surface area contributed by atoms with Crippen molar-refractivity contribution < 1.29 is 14.4 Å². The quantitative estimate of drug-likeness (QED) is 0.680. The van der Waals surface area contributed by atoms with E-state index < -0.39 is 11.6 Å². The standard InChI is InChI=1S/C25H32N2O3/c1-2-3-9-25(20-7-5-4-6-8-20)22(29)27(23(30)26-25)16-21(28)24-13-17-10-18(14-24)12-19(11-17)15-24/h4-8,17-19H,2-3,9-16H2,1H3,(H,26,30)/t17?,18?,19?,24?,25-/m0/s1. The summed E-state index contributed by atoms with van der Waals surface area (Å²) < 4.78 is 0. The average Bonchev–Trinajstić information content (AvgIpc) is 2.97. The van der Waals surface area contributed by atoms with Crippen molar-refractivity contribution in [3.8, 4) is 0 Å². The summed E-state index contributed by atoms with van der Waals surface area (Å²) in [5.74, 6) is 1.85. The molecule has 1 aromatic rings. The fraction of sp³-hybridized carbons (Fsp3) is 0.640. The third-order valence-corrected chi connectivity index (χ3v) is 8.28. The largest absolute Gasteiger partial charge is 0.325 e. The van der Waals surface area contributed by atoms with Gasteiger partial charge in [-0.15, -0.1) is 0 Å². The highest BCUT2D eigenvalue weighted by atomic mass is 16.2. The minimum atomic E-state index is -1.05. The summed E-state index contributed by atoms with van der Waals surface area (Å²) in [7, 11) is 0. The smallest absolute Gasteiger partial charge is 0.319 e. The number of hydrogen-bond donors (Lipinski definition) is 1. The summed E-state index contributed by atoms with van der Waals surface area (Å²) in [6.45, 7) is 2.01. The molecule has 1 atom stereocenters. The zero-order valence-corrected chi connectivity index (χ0v) is 17.9. The number of rotatable bonds is 7. The SMILES string of the molecule is CCCC[C@@]1(c2ccccc2)NC(=O)N(CC(=O)C23CC4CC(CC(C4)C2)C3)C1=O. The molecule has 0 aromatic heterocycles. The van der Waals surface area contributed by atoms with Crippen LogP contribution in [0.1, 0.15) is 70.3 Å². The van der Waals surface area contributed by atoms with Gasteiger partial charge in [0, 0.05) is 5.41 Å². The maximum Gasteiger partial charge on any atom is 0.325 e. The van der Waals surface area contributed by atoms with Crippen molar-refractivity contribution in [1.29, 1.82) is 0 Å². The summed E-state index contributed by atoms with van der Waals surface area (Å²) in [6, 6.07) is 9.08. The van der Waals surface area contributed by atoms with Crippen molar-refractivity contribution in [2.24, 2.45) is 23.2 Å². The minimum absolute atomic E-state index is 0.0719. The van der Waals surface area contributed by atoms with Crippen molar-refractivity contribution in [2.75, 3.05) is 6.54 Å². The molecule has 5 heteroatoms. The van der Waals surface area contributed by atoms with Crippen molar-refractivity contribution in [1.82, 2.24) is 10.2 Å². The molecule has 1 heterocycles. The van der Waals surface area contributed by atoms with Gasteiger partial charge < -0.3 is 5.32 Å². The number of imide groups is 1. The molecule has 4 saturated carbocycles. The molecule has 0 radical (unpaired) electrons. The van der Waals surface area contributed by atoms with Crippen LogP contribution in [0, 0.1) is 23.2 Å². The van der Waals surface area contributed by atoms with Gasteiger partial charge in [0.1, 0.15) is 5.54 Å². The zero-order valence-electron chi connectivity index (χ0n) is 17.9. The first-order chi connectivity index (χ1) is 14.5. The Labute approximate surface area is 178 Å². The van der Waals surface area contributed by atoms with Crippen LogP contribution >= 0.6 is 0 Å². The van der Waals surface area contributed by atoms with Gasteiger partial charge in [0.05, 0.1) is 6.54 Å². The van der Waals surface area contributed by atoms with Gasteiger partial charge >= 0.3 is 6.03 Å². The van der Waals surface area contributed by atoms with Crippen LogP contribution in [0.5, 0.6) is 0 Å². The third-order valence-electron chi connectivity index (χ3n) is 8.28. The van der Waals surface area contributed by atoms with Crippen LogP contribution in [0.15, 0.2) is 30.3 Å². The monoisotopic (exact) mass is 408 g/mol. The number of benzene rings is 1. The normalized spacial score (nSPS) is 37.0. The Balaban J connectivity index is 1.39. The lowest BCUT2D eigenvalue weighted by Gasteiger charge is -2.56. The number of hydrogen-bond acceptors (Lipinski definition) is 3. The molecule has 3 amide bonds. The maximum absolute atomic E-state index is 13.6. The van der Waals surface area contributed by atoms with E-state index in [1.807, 2.05) is 30.3 Å². The predicted octanol–water partition coefficient (Wildman–Crippen LogP) is 4.41. The lowest BCUT2D eigenvalue weighted by Crippen LogP contribution is -2.53. The molecular formula is C25H32N2O3. The van der Waals surface area contributed by atoms with Crippen molar-refractivity contribution in [3.05, 3.63) is 35.9 Å². The Kier molecular flexibility index (Phi) is 4.75. The molecular weight excluding hydrogens is 376 g/mol. The number of carbonyl (C=O) groups excluding carboxylic acids is 3. The lowest BCUT2D eigenvalue weighted by atomic mass is 9.48. The van der Waals surface area contributed by atoms with Gasteiger partial charge in [-0.25, -0.2) is 4.79 Å². The van der Waals surface area contributed by atoms with Crippen molar-refractivity contribution in [3.63, 3.8) is 0 Å². The Morgan fingerprint density at radius 3 is 2.20 bits per heavy atom. The molecule has 1 aliphatic heterocycles. The molecule has 0 unspecified atom stereocenters. The molecule has 1 saturated heterocycles. The average molecular weight is 409 g/mol. The topological polar surface area (TPSA) is 66.5 Å². The zero-order chi connectivity index (χ0) is 20.9. The van der Waals surface area contributed by atoms with Gasteiger partial charge in [0.15, 0.2) is 5.78 Å². The van der Waals surface area contributed by atoms with Gasteiger partial charge in [0.25, 0.3) is 5.91 Å². The van der Waals surface area contributed by atoms with Gasteiger partial charge in [-0.2, -0.15) is 0 Å². The van der Waals surface area contributed by atoms with Crippen molar-refractivity contribution >= 4 is 17.7 Å². The molecule has 30 heavy (non-hydrogen) atoms. The van der Waals surface area contributed by atoms with E-state index >= 15 is 0 Å². The lowest BCUT2D eigenvalue weighted by molar-refractivity contribution is -0.147. The van der Waals surface area contributed by atoms with Crippen LogP contribution in [-0.2, 0) is 15.1 Å². The molecule has 5 nitrogen and oxygen atoms in total. The number of nitrogens with one attached hydrogen (secondary N) is 1. The van der Waals surface area contributed by atoms with Gasteiger partial charge in [0.2, 0.25) is 0 Å². The van der Waals surface area contributed by atoms with Crippen LogP contribution < -0.4 is 5.32 Å². The number of urea groups is 1. The second kappa shape index (κ2) is 7.21. The first kappa shape index (κ1) is 19.8. The van der Waals surface area contributed by atoms with Crippen LogP contribution in [0.2, 0.25) is 0 Å². The molecule has 6 rings (SSSR count). The number of carbonyl (C=O) groups is 3. The number of ketones is 1. The summed E-state index contributed by atoms with van der Waals surface area (Å²) >= 11 is 0. The molecule has 0 spiro atoms. The van der Waals surface area contributed by atoms with Crippen LogP contribution in [0.25, 0.3) is 0 Å². The van der Waals surface area contributed by atoms with Crippen LogP contribution in [0.4, 0.5) is 4.79 Å². The van der Waals surface area contributed by atoms with Gasteiger partial charge in [-0.1, -0.05) is 50.1 Å². The maximum atomic E-state index is 13.6. The highest BCUT2D eigenvalue weighted by molar-refractivity contribution is 6.10. The molecule has 4 aliphatic carbocycles. The van der Waals surface area contributed by atoms with E-state index in [4.69, 9.17) is 0 Å². The molecule has 5 aliphatic rings. The van der Waals surface area contributed by atoms with Gasteiger partial charge in [-0.3, -0.25) is 14.5 Å². The summed E-state index contributed by atoms with van der Waals surface area (Å²) in [5.41, 5.74) is -0.533. The Hall–Kier alpha value is -2.17. The summed E-state index contributed by atoms with van der Waals surface area (Å²) in [5, 5.41) is 2.98. The van der Waals surface area contributed by atoms with Crippen LogP contribution in [-0.4, -0.2) is 29.2 Å². The van der Waals surface area contributed by atoms with E-state index in [0.29, 0.717) is 24.2 Å². The Bertz CT molecular complexity index is 829. The molecule has 5 fully saturated rings. The summed E-state index contributed by atoms with van der Waals surface area (Å²) in [6.07, 6.45) is 9.00. The third kappa shape index (κ3) is 3.00. The van der Waals surface area contributed by atoms with Crippen LogP contribution in [0.3, 0.4) is 0 Å². The molecule has 1 N–H and O–H groups in total. The van der Waals surface area contributed by atoms with E-state index in [-0.39, 0.29) is 23.7 Å². The van der Waals surface area contributed by atoms with E-state index in [9.17, 15) is 14.4 Å². The molecule has 160 valence electrons. The van der Waals surface area contributed by atoms with E-state index in [0.717, 1.165) is 37.7 Å². The minimum Gasteiger partial charge on any atom is -0.319 e. The number of unbranched alkanes of at least 4 members (excludes halogenated alkanes) is 1. The molecule has 4 bridgehead atoms. The molecule has 1 aromatic carbocycles. The highest BCUT2D eigenvalue weighted by Crippen LogP contribution is 2.60. The number of Topliss-reactive ketones (excluding diaryl/α,β-unsaturated/α-hetero) is 1. The van der Waals surface area contributed by atoms with E-state index in [1.165, 1.54) is 24.2 Å². The van der Waals surface area contributed by atoms with E-state index in [1.54, 1.807) is 0 Å². The number of amides is 3. The Morgan fingerprint density at radius 1 is 1.03 bits per heavy atom. The first-order valence-electron chi connectivity index (χ1n) is 11.7. The predicted molar refractivity (Wildman–Crippen MR) is 114 cm³/mol. The Morgan fingerprint density at radius 2 is 1.63 bits per heavy atom. The van der Waals surface area contributed by atoms with Crippen molar-refractivity contribution in [2.45, 2.75) is 70.3 Å². The van der Waals surface area contributed by atoms with E-state index in [2.05, 4.69) is 12.2 Å².